The van der Waals surface area contributed by atoms with Crippen LogP contribution in [0, 0.1) is 0 Å². The molecule has 76 valence electrons. The van der Waals surface area contributed by atoms with Crippen LogP contribution in [0.25, 0.3) is 0 Å². The molecule has 1 aliphatic heterocycles. The van der Waals surface area contributed by atoms with E-state index in [2.05, 4.69) is 11.4 Å². The van der Waals surface area contributed by atoms with Crippen molar-refractivity contribution in [1.29, 1.82) is 0 Å². The van der Waals surface area contributed by atoms with Crippen LogP contribution >= 0.6 is 11.6 Å². The van der Waals surface area contributed by atoms with Gasteiger partial charge in [-0.25, -0.2) is 0 Å². The minimum absolute atomic E-state index is 0.425. The summed E-state index contributed by atoms with van der Waals surface area (Å²) in [6, 6.07) is 7.93. The Kier molecular flexibility index (Phi) is 3.40. The van der Waals surface area contributed by atoms with Gasteiger partial charge in [0, 0.05) is 18.1 Å². The molecule has 1 aromatic rings. The number of benzene rings is 1. The van der Waals surface area contributed by atoms with Crippen molar-refractivity contribution in [2.45, 2.75) is 12.5 Å². The molecule has 0 aliphatic carbocycles. The van der Waals surface area contributed by atoms with Gasteiger partial charge in [0.2, 0.25) is 0 Å². The topological polar surface area (TPSA) is 21.3 Å². The fourth-order valence-corrected chi connectivity index (χ4v) is 1.63. The molecule has 1 N–H and O–H groups in total. The lowest BCUT2D eigenvalue weighted by Crippen LogP contribution is -2.48. The molecule has 14 heavy (non-hydrogen) atoms. The van der Waals surface area contributed by atoms with Crippen LogP contribution in [0.3, 0.4) is 0 Å². The van der Waals surface area contributed by atoms with Gasteiger partial charge in [-0.2, -0.15) is 0 Å². The highest BCUT2D eigenvalue weighted by atomic mass is 35.5. The third-order valence-electron chi connectivity index (χ3n) is 2.38. The molecule has 2 rings (SSSR count). The number of hydrogen-bond acceptors (Lipinski definition) is 2. The van der Waals surface area contributed by atoms with Gasteiger partial charge in [0.05, 0.1) is 12.7 Å². The molecule has 0 bridgehead atoms. The zero-order valence-electron chi connectivity index (χ0n) is 8.00. The van der Waals surface area contributed by atoms with Gasteiger partial charge in [-0.3, -0.25) is 0 Å². The maximum atomic E-state index is 5.87. The van der Waals surface area contributed by atoms with Crippen molar-refractivity contribution >= 4 is 11.6 Å². The summed E-state index contributed by atoms with van der Waals surface area (Å²) in [5.74, 6) is 0. The van der Waals surface area contributed by atoms with E-state index in [4.69, 9.17) is 16.3 Å². The first kappa shape index (κ1) is 9.97. The third kappa shape index (κ3) is 2.71. The predicted molar refractivity (Wildman–Crippen MR) is 57.8 cm³/mol. The van der Waals surface area contributed by atoms with Crippen molar-refractivity contribution in [2.24, 2.45) is 0 Å². The molecule has 1 fully saturated rings. The van der Waals surface area contributed by atoms with Crippen molar-refractivity contribution in [1.82, 2.24) is 5.32 Å². The third-order valence-corrected chi connectivity index (χ3v) is 2.61. The van der Waals surface area contributed by atoms with E-state index in [-0.39, 0.29) is 0 Å². The first-order chi connectivity index (χ1) is 6.84. The molecule has 0 aromatic heterocycles. The van der Waals surface area contributed by atoms with Gasteiger partial charge < -0.3 is 10.1 Å². The summed E-state index contributed by atoms with van der Waals surface area (Å²) in [5, 5.41) is 3.97. The van der Waals surface area contributed by atoms with Gasteiger partial charge in [0.25, 0.3) is 0 Å². The summed E-state index contributed by atoms with van der Waals surface area (Å²) in [6.45, 7) is 2.78. The molecule has 3 heteroatoms. The summed E-state index contributed by atoms with van der Waals surface area (Å²) >= 11 is 5.87. The Morgan fingerprint density at radius 1 is 1.43 bits per heavy atom. The lowest BCUT2D eigenvalue weighted by molar-refractivity contribution is 0.0208. The Morgan fingerprint density at radius 2 is 2.29 bits per heavy atom. The maximum absolute atomic E-state index is 5.87. The number of rotatable bonds is 4. The normalized spacial score (nSPS) is 16.6. The van der Waals surface area contributed by atoms with Crippen LogP contribution in [-0.2, 0) is 11.2 Å². The Morgan fingerprint density at radius 3 is 2.93 bits per heavy atom. The SMILES string of the molecule is Clc1cccc(CCOC2CNC2)c1. The van der Waals surface area contributed by atoms with E-state index in [0.29, 0.717) is 6.10 Å². The Labute approximate surface area is 89.2 Å². The molecule has 0 radical (unpaired) electrons. The number of halogens is 1. The van der Waals surface area contributed by atoms with Crippen LogP contribution in [0.1, 0.15) is 5.56 Å². The fraction of sp³-hybridized carbons (Fsp3) is 0.455. The lowest BCUT2D eigenvalue weighted by Gasteiger charge is -2.27. The number of nitrogens with one attached hydrogen (secondary N) is 1. The van der Waals surface area contributed by atoms with E-state index in [9.17, 15) is 0 Å². The van der Waals surface area contributed by atoms with Crippen LogP contribution in [0.5, 0.6) is 0 Å². The smallest absolute Gasteiger partial charge is 0.0823 e. The van der Waals surface area contributed by atoms with Crippen molar-refractivity contribution in [3.8, 4) is 0 Å². The predicted octanol–water partition coefficient (Wildman–Crippen LogP) is 1.87. The minimum Gasteiger partial charge on any atom is -0.375 e. The Bertz CT molecular complexity index is 299. The summed E-state index contributed by atoms with van der Waals surface area (Å²) < 4.78 is 5.62. The largest absolute Gasteiger partial charge is 0.375 e. The first-order valence-electron chi connectivity index (χ1n) is 4.91. The van der Waals surface area contributed by atoms with Crippen molar-refractivity contribution in [2.75, 3.05) is 19.7 Å². The zero-order chi connectivity index (χ0) is 9.80. The highest BCUT2D eigenvalue weighted by molar-refractivity contribution is 6.30. The molecule has 0 atom stereocenters. The van der Waals surface area contributed by atoms with Crippen LogP contribution in [0.15, 0.2) is 24.3 Å². The van der Waals surface area contributed by atoms with Gasteiger partial charge in [-0.1, -0.05) is 23.7 Å². The molecule has 1 saturated heterocycles. The van der Waals surface area contributed by atoms with Gasteiger partial charge in [0.15, 0.2) is 0 Å². The number of hydrogen-bond donors (Lipinski definition) is 1. The molecule has 2 nitrogen and oxygen atoms in total. The molecular weight excluding hydrogens is 198 g/mol. The van der Waals surface area contributed by atoms with Gasteiger partial charge >= 0.3 is 0 Å². The van der Waals surface area contributed by atoms with Crippen LogP contribution < -0.4 is 5.32 Å². The molecule has 0 unspecified atom stereocenters. The zero-order valence-corrected chi connectivity index (χ0v) is 8.76. The van der Waals surface area contributed by atoms with Crippen LogP contribution in [-0.4, -0.2) is 25.8 Å². The van der Waals surface area contributed by atoms with Gasteiger partial charge in [0.1, 0.15) is 0 Å². The summed E-state index contributed by atoms with van der Waals surface area (Å²) in [5.41, 5.74) is 1.24. The molecule has 0 spiro atoms. The summed E-state index contributed by atoms with van der Waals surface area (Å²) in [6.07, 6.45) is 1.37. The highest BCUT2D eigenvalue weighted by Gasteiger charge is 2.16. The number of ether oxygens (including phenoxy) is 1. The maximum Gasteiger partial charge on any atom is 0.0823 e. The standard InChI is InChI=1S/C11H14ClNO/c12-10-3-1-2-9(6-10)4-5-14-11-7-13-8-11/h1-3,6,11,13H,4-5,7-8H2. The molecule has 0 amide bonds. The van der Waals surface area contributed by atoms with E-state index < -0.39 is 0 Å². The van der Waals surface area contributed by atoms with E-state index in [1.807, 2.05) is 18.2 Å². The van der Waals surface area contributed by atoms with E-state index >= 15 is 0 Å². The molecular formula is C11H14ClNO. The lowest BCUT2D eigenvalue weighted by atomic mass is 10.1. The van der Waals surface area contributed by atoms with Crippen molar-refractivity contribution in [3.63, 3.8) is 0 Å². The average molecular weight is 212 g/mol. The Balaban J connectivity index is 1.74. The van der Waals surface area contributed by atoms with E-state index in [1.54, 1.807) is 0 Å². The average Bonchev–Trinajstić information content (AvgIpc) is 2.09. The molecule has 1 aliphatic rings. The van der Waals surface area contributed by atoms with Gasteiger partial charge in [-0.15, -0.1) is 0 Å². The minimum atomic E-state index is 0.425. The second kappa shape index (κ2) is 4.78. The monoisotopic (exact) mass is 211 g/mol. The quantitative estimate of drug-likeness (QED) is 0.821. The summed E-state index contributed by atoms with van der Waals surface area (Å²) in [7, 11) is 0. The molecule has 0 saturated carbocycles. The summed E-state index contributed by atoms with van der Waals surface area (Å²) in [4.78, 5) is 0. The second-order valence-electron chi connectivity index (χ2n) is 3.53. The van der Waals surface area contributed by atoms with Crippen molar-refractivity contribution < 1.29 is 4.74 Å². The van der Waals surface area contributed by atoms with Crippen molar-refractivity contribution in [3.05, 3.63) is 34.9 Å². The fourth-order valence-electron chi connectivity index (χ4n) is 1.42. The Hall–Kier alpha value is -0.570. The van der Waals surface area contributed by atoms with Crippen LogP contribution in [0.4, 0.5) is 0 Å². The van der Waals surface area contributed by atoms with Gasteiger partial charge in [-0.05, 0) is 24.1 Å². The highest BCUT2D eigenvalue weighted by Crippen LogP contribution is 2.11. The second-order valence-corrected chi connectivity index (χ2v) is 3.97. The molecule has 1 aromatic carbocycles. The first-order valence-corrected chi connectivity index (χ1v) is 5.29. The van der Waals surface area contributed by atoms with Crippen LogP contribution in [0.2, 0.25) is 5.02 Å². The van der Waals surface area contributed by atoms with E-state index in [0.717, 1.165) is 31.1 Å². The molecule has 1 heterocycles. The van der Waals surface area contributed by atoms with E-state index in [1.165, 1.54) is 5.56 Å².